The van der Waals surface area contributed by atoms with Crippen molar-refractivity contribution in [2.24, 2.45) is 0 Å². The highest BCUT2D eigenvalue weighted by Gasteiger charge is 2.26. The SMILES string of the molecule is COc1ccc(OC)c(NC(=O)COc2ccc(S(=O)(=O)N3CCOCC3)cc2C)c1. The monoisotopic (exact) mass is 450 g/mol. The molecule has 9 nitrogen and oxygen atoms in total. The zero-order chi connectivity index (χ0) is 22.4. The van der Waals surface area contributed by atoms with Crippen LogP contribution in [0.25, 0.3) is 0 Å². The van der Waals surface area contributed by atoms with Crippen LogP contribution in [0.1, 0.15) is 5.56 Å². The van der Waals surface area contributed by atoms with Crippen molar-refractivity contribution in [3.8, 4) is 17.2 Å². The molecule has 0 atom stereocenters. The lowest BCUT2D eigenvalue weighted by atomic mass is 10.2. The highest BCUT2D eigenvalue weighted by Crippen LogP contribution is 2.29. The Morgan fingerprint density at radius 3 is 2.42 bits per heavy atom. The summed E-state index contributed by atoms with van der Waals surface area (Å²) in [5.74, 6) is 1.09. The number of carbonyl (C=O) groups excluding carboxylic acids is 1. The second-order valence-corrected chi connectivity index (χ2v) is 8.78. The number of nitrogens with zero attached hydrogens (tertiary/aromatic N) is 1. The number of carbonyl (C=O) groups is 1. The first kappa shape index (κ1) is 22.9. The van der Waals surface area contributed by atoms with Crippen molar-refractivity contribution in [1.82, 2.24) is 4.31 Å². The standard InChI is InChI=1S/C21H26N2O7S/c1-15-12-17(31(25,26)23-8-10-29-11-9-23)5-7-19(15)30-14-21(24)22-18-13-16(27-2)4-6-20(18)28-3/h4-7,12-13H,8-11,14H2,1-3H3,(H,22,24). The molecule has 0 saturated carbocycles. The van der Waals surface area contributed by atoms with Gasteiger partial charge in [0.1, 0.15) is 17.2 Å². The zero-order valence-electron chi connectivity index (χ0n) is 17.7. The summed E-state index contributed by atoms with van der Waals surface area (Å²) in [6.07, 6.45) is 0. The van der Waals surface area contributed by atoms with Crippen LogP contribution in [0.5, 0.6) is 17.2 Å². The topological polar surface area (TPSA) is 103 Å². The second kappa shape index (κ2) is 9.99. The number of sulfonamides is 1. The third kappa shape index (κ3) is 5.46. The van der Waals surface area contributed by atoms with Gasteiger partial charge in [-0.15, -0.1) is 0 Å². The predicted octanol–water partition coefficient (Wildman–Crippen LogP) is 2.05. The molecular weight excluding hydrogens is 424 g/mol. The molecule has 1 aliphatic heterocycles. The first-order valence-corrected chi connectivity index (χ1v) is 11.1. The van der Waals surface area contributed by atoms with Gasteiger partial charge in [0.05, 0.1) is 38.0 Å². The first-order chi connectivity index (χ1) is 14.8. The van der Waals surface area contributed by atoms with Crippen LogP contribution in [-0.4, -0.2) is 65.8 Å². The molecule has 31 heavy (non-hydrogen) atoms. The summed E-state index contributed by atoms with van der Waals surface area (Å²) >= 11 is 0. The average Bonchev–Trinajstić information content (AvgIpc) is 2.78. The van der Waals surface area contributed by atoms with Gasteiger partial charge in [0.25, 0.3) is 5.91 Å². The molecule has 1 aliphatic rings. The minimum Gasteiger partial charge on any atom is -0.497 e. The largest absolute Gasteiger partial charge is 0.497 e. The van der Waals surface area contributed by atoms with Crippen molar-refractivity contribution in [3.63, 3.8) is 0 Å². The number of anilines is 1. The van der Waals surface area contributed by atoms with Gasteiger partial charge in [0.2, 0.25) is 10.0 Å². The van der Waals surface area contributed by atoms with E-state index in [1.807, 2.05) is 0 Å². The van der Waals surface area contributed by atoms with E-state index in [9.17, 15) is 13.2 Å². The Balaban J connectivity index is 1.65. The minimum absolute atomic E-state index is 0.185. The van der Waals surface area contributed by atoms with Crippen LogP contribution >= 0.6 is 0 Å². The molecule has 2 aromatic rings. The van der Waals surface area contributed by atoms with Gasteiger partial charge in [-0.25, -0.2) is 8.42 Å². The van der Waals surface area contributed by atoms with E-state index >= 15 is 0 Å². The van der Waals surface area contributed by atoms with Gasteiger partial charge in [-0.1, -0.05) is 0 Å². The number of hydrogen-bond donors (Lipinski definition) is 1. The lowest BCUT2D eigenvalue weighted by Crippen LogP contribution is -2.40. The number of aryl methyl sites for hydroxylation is 1. The normalized spacial score (nSPS) is 14.7. The van der Waals surface area contributed by atoms with Gasteiger partial charge in [0, 0.05) is 19.2 Å². The maximum absolute atomic E-state index is 12.8. The molecule has 2 aromatic carbocycles. The van der Waals surface area contributed by atoms with Gasteiger partial charge < -0.3 is 24.3 Å². The highest BCUT2D eigenvalue weighted by molar-refractivity contribution is 7.89. The summed E-state index contributed by atoms with van der Waals surface area (Å²) in [5, 5.41) is 2.72. The van der Waals surface area contributed by atoms with E-state index in [2.05, 4.69) is 5.32 Å². The Labute approximate surface area is 181 Å². The van der Waals surface area contributed by atoms with Gasteiger partial charge >= 0.3 is 0 Å². The van der Waals surface area contributed by atoms with Gasteiger partial charge in [-0.05, 0) is 42.8 Å². The molecule has 10 heteroatoms. The van der Waals surface area contributed by atoms with Crippen LogP contribution in [-0.2, 0) is 19.6 Å². The molecule has 0 unspecified atom stereocenters. The summed E-state index contributed by atoms with van der Waals surface area (Å²) in [6.45, 7) is 2.90. The number of ether oxygens (including phenoxy) is 4. The number of morpholine rings is 1. The highest BCUT2D eigenvalue weighted by atomic mass is 32.2. The predicted molar refractivity (Wildman–Crippen MR) is 114 cm³/mol. The van der Waals surface area contributed by atoms with Crippen molar-refractivity contribution < 1.29 is 32.2 Å². The Kier molecular flexibility index (Phi) is 7.37. The van der Waals surface area contributed by atoms with Crippen molar-refractivity contribution in [2.45, 2.75) is 11.8 Å². The van der Waals surface area contributed by atoms with Crippen molar-refractivity contribution in [3.05, 3.63) is 42.0 Å². The Bertz CT molecular complexity index is 1030. The molecule has 0 spiro atoms. The Morgan fingerprint density at radius 1 is 1.06 bits per heavy atom. The molecule has 1 N–H and O–H groups in total. The molecule has 1 amide bonds. The molecule has 168 valence electrons. The molecule has 0 aromatic heterocycles. The van der Waals surface area contributed by atoms with Gasteiger partial charge in [-0.2, -0.15) is 4.31 Å². The van der Waals surface area contributed by atoms with Crippen molar-refractivity contribution in [2.75, 3.05) is 52.4 Å². The van der Waals surface area contributed by atoms with E-state index in [-0.39, 0.29) is 11.5 Å². The smallest absolute Gasteiger partial charge is 0.262 e. The molecule has 0 radical (unpaired) electrons. The summed E-state index contributed by atoms with van der Waals surface area (Å²) in [5.41, 5.74) is 1.07. The zero-order valence-corrected chi connectivity index (χ0v) is 18.5. The first-order valence-electron chi connectivity index (χ1n) is 9.68. The number of nitrogens with one attached hydrogen (secondary N) is 1. The van der Waals surface area contributed by atoms with Gasteiger partial charge in [-0.3, -0.25) is 4.79 Å². The van der Waals surface area contributed by atoms with Crippen LogP contribution in [0, 0.1) is 6.92 Å². The Morgan fingerprint density at radius 2 is 1.77 bits per heavy atom. The summed E-state index contributed by atoms with van der Waals surface area (Å²) < 4.78 is 48.2. The summed E-state index contributed by atoms with van der Waals surface area (Å²) in [4.78, 5) is 12.5. The van der Waals surface area contributed by atoms with E-state index in [0.29, 0.717) is 54.8 Å². The van der Waals surface area contributed by atoms with E-state index in [4.69, 9.17) is 18.9 Å². The fourth-order valence-corrected chi connectivity index (χ4v) is 4.62. The molecule has 1 saturated heterocycles. The molecule has 1 fully saturated rings. The van der Waals surface area contributed by atoms with E-state index in [1.54, 1.807) is 37.3 Å². The number of benzene rings is 2. The minimum atomic E-state index is -3.59. The lowest BCUT2D eigenvalue weighted by molar-refractivity contribution is -0.118. The molecule has 3 rings (SSSR count). The van der Waals surface area contributed by atoms with E-state index in [1.165, 1.54) is 24.6 Å². The number of hydrogen-bond acceptors (Lipinski definition) is 7. The summed E-state index contributed by atoms with van der Waals surface area (Å²) in [7, 11) is -0.561. The number of rotatable bonds is 8. The third-order valence-electron chi connectivity index (χ3n) is 4.79. The maximum Gasteiger partial charge on any atom is 0.262 e. The quantitative estimate of drug-likeness (QED) is 0.656. The summed E-state index contributed by atoms with van der Waals surface area (Å²) in [6, 6.07) is 9.64. The number of amides is 1. The average molecular weight is 451 g/mol. The Hall–Kier alpha value is -2.82. The van der Waals surface area contributed by atoms with Crippen molar-refractivity contribution >= 4 is 21.6 Å². The van der Waals surface area contributed by atoms with Crippen LogP contribution in [0.15, 0.2) is 41.3 Å². The van der Waals surface area contributed by atoms with Crippen LogP contribution < -0.4 is 19.5 Å². The van der Waals surface area contributed by atoms with Crippen LogP contribution in [0.4, 0.5) is 5.69 Å². The van der Waals surface area contributed by atoms with Crippen molar-refractivity contribution in [1.29, 1.82) is 0 Å². The fraction of sp³-hybridized carbons (Fsp3) is 0.381. The second-order valence-electron chi connectivity index (χ2n) is 6.85. The molecular formula is C21H26N2O7S. The third-order valence-corrected chi connectivity index (χ3v) is 6.69. The van der Waals surface area contributed by atoms with E-state index < -0.39 is 15.9 Å². The molecule has 0 aliphatic carbocycles. The van der Waals surface area contributed by atoms with Crippen LogP contribution in [0.3, 0.4) is 0 Å². The molecule has 0 bridgehead atoms. The maximum atomic E-state index is 12.8. The van der Waals surface area contributed by atoms with Crippen LogP contribution in [0.2, 0.25) is 0 Å². The lowest BCUT2D eigenvalue weighted by Gasteiger charge is -2.26. The fourth-order valence-electron chi connectivity index (χ4n) is 3.12. The number of methoxy groups -OCH3 is 2. The molecule has 1 heterocycles. The van der Waals surface area contributed by atoms with Gasteiger partial charge in [0.15, 0.2) is 6.61 Å². The van der Waals surface area contributed by atoms with E-state index in [0.717, 1.165) is 0 Å².